The molecule has 1 aromatic carbocycles. The van der Waals surface area contributed by atoms with Crippen molar-refractivity contribution in [1.29, 1.82) is 0 Å². The average Bonchev–Trinajstić information content (AvgIpc) is 2.38. The van der Waals surface area contributed by atoms with Crippen LogP contribution in [0.3, 0.4) is 0 Å². The number of hydrogen-bond acceptors (Lipinski definition) is 5. The zero-order valence-corrected chi connectivity index (χ0v) is 13.0. The van der Waals surface area contributed by atoms with Gasteiger partial charge in [-0.1, -0.05) is 0 Å². The molecule has 0 bridgehead atoms. The highest BCUT2D eigenvalue weighted by molar-refractivity contribution is 5.79. The number of ether oxygens (including phenoxy) is 1. The first-order chi connectivity index (χ1) is 10.4. The normalized spacial score (nSPS) is 13.8. The molecule has 1 rings (SSSR count). The summed E-state index contributed by atoms with van der Waals surface area (Å²) in [5, 5.41) is 13.2. The van der Waals surface area contributed by atoms with Crippen molar-refractivity contribution in [3.8, 4) is 0 Å². The van der Waals surface area contributed by atoms with E-state index in [-0.39, 0.29) is 6.29 Å². The summed E-state index contributed by atoms with van der Waals surface area (Å²) in [6.07, 6.45) is -0.859. The van der Waals surface area contributed by atoms with Gasteiger partial charge in [-0.25, -0.2) is 13.6 Å². The number of carbonyl (C=O) groups is 2. The molecule has 0 radical (unpaired) electrons. The molecule has 1 atom stereocenters. The van der Waals surface area contributed by atoms with Crippen LogP contribution in [0.25, 0.3) is 0 Å². The van der Waals surface area contributed by atoms with Crippen molar-refractivity contribution in [3.05, 3.63) is 39.4 Å². The van der Waals surface area contributed by atoms with Gasteiger partial charge in [-0.3, -0.25) is 10.1 Å². The number of benzene rings is 1. The van der Waals surface area contributed by atoms with Crippen LogP contribution in [0.2, 0.25) is 0 Å². The molecule has 9 heteroatoms. The minimum absolute atomic E-state index is 0.177. The van der Waals surface area contributed by atoms with Gasteiger partial charge in [0.25, 0.3) is 5.69 Å². The predicted molar refractivity (Wildman–Crippen MR) is 75.8 cm³/mol. The maximum absolute atomic E-state index is 13.4. The summed E-state index contributed by atoms with van der Waals surface area (Å²) >= 11 is 0. The molecular formula is C14H16F2N2O5. The predicted octanol–water partition coefficient (Wildman–Crippen LogP) is 2.81. The van der Waals surface area contributed by atoms with E-state index in [0.717, 1.165) is 6.92 Å². The lowest BCUT2D eigenvalue weighted by molar-refractivity contribution is -0.386. The van der Waals surface area contributed by atoms with Crippen molar-refractivity contribution < 1.29 is 28.0 Å². The Kier molecular flexibility index (Phi) is 5.03. The average molecular weight is 330 g/mol. The molecule has 0 aliphatic heterocycles. The van der Waals surface area contributed by atoms with Crippen LogP contribution in [0.4, 0.5) is 19.3 Å². The molecule has 0 aliphatic rings. The molecule has 1 aromatic rings. The van der Waals surface area contributed by atoms with Gasteiger partial charge >= 0.3 is 6.09 Å². The number of nitro groups is 1. The first kappa shape index (κ1) is 18.5. The Balaban J connectivity index is 3.33. The lowest BCUT2D eigenvalue weighted by atomic mass is 9.92. The zero-order valence-electron chi connectivity index (χ0n) is 13.0. The fourth-order valence-corrected chi connectivity index (χ4v) is 1.78. The largest absolute Gasteiger partial charge is 0.444 e. The van der Waals surface area contributed by atoms with Gasteiger partial charge in [0.2, 0.25) is 0 Å². The summed E-state index contributed by atoms with van der Waals surface area (Å²) in [5.41, 5.74) is -4.19. The van der Waals surface area contributed by atoms with Crippen LogP contribution < -0.4 is 5.32 Å². The van der Waals surface area contributed by atoms with Crippen molar-refractivity contribution >= 4 is 18.1 Å². The van der Waals surface area contributed by atoms with E-state index in [2.05, 4.69) is 5.32 Å². The topological polar surface area (TPSA) is 98.5 Å². The van der Waals surface area contributed by atoms with Gasteiger partial charge in [0.05, 0.1) is 16.6 Å². The lowest BCUT2D eigenvalue weighted by Crippen LogP contribution is -2.47. The van der Waals surface area contributed by atoms with E-state index >= 15 is 0 Å². The van der Waals surface area contributed by atoms with E-state index in [9.17, 15) is 28.5 Å². The molecule has 0 saturated carbocycles. The number of hydrogen-bond donors (Lipinski definition) is 1. The molecule has 0 aliphatic carbocycles. The van der Waals surface area contributed by atoms with Gasteiger partial charge in [-0.05, 0) is 33.8 Å². The lowest BCUT2D eigenvalue weighted by Gasteiger charge is -2.27. The van der Waals surface area contributed by atoms with Gasteiger partial charge in [0.15, 0.2) is 11.6 Å². The van der Waals surface area contributed by atoms with E-state index in [0.29, 0.717) is 12.1 Å². The van der Waals surface area contributed by atoms with Crippen molar-refractivity contribution in [2.45, 2.75) is 38.8 Å². The van der Waals surface area contributed by atoms with E-state index in [1.165, 1.54) is 0 Å². The number of carbonyl (C=O) groups excluding carboxylic acids is 2. The molecule has 0 fully saturated rings. The zero-order chi connectivity index (χ0) is 18.0. The summed E-state index contributed by atoms with van der Waals surface area (Å²) in [6, 6.07) is 0.850. The van der Waals surface area contributed by atoms with Gasteiger partial charge in [0.1, 0.15) is 17.4 Å². The summed E-state index contributed by atoms with van der Waals surface area (Å²) in [4.78, 5) is 33.2. The Morgan fingerprint density at radius 2 is 1.78 bits per heavy atom. The molecular weight excluding hydrogens is 314 g/mol. The molecule has 0 spiro atoms. The Morgan fingerprint density at radius 1 is 1.26 bits per heavy atom. The molecule has 0 heterocycles. The van der Waals surface area contributed by atoms with Gasteiger partial charge in [-0.15, -0.1) is 0 Å². The van der Waals surface area contributed by atoms with E-state index in [4.69, 9.17) is 4.74 Å². The second kappa shape index (κ2) is 6.27. The molecule has 0 saturated heterocycles. The molecule has 7 nitrogen and oxygen atoms in total. The van der Waals surface area contributed by atoms with Crippen molar-refractivity contribution in [3.63, 3.8) is 0 Å². The number of rotatable bonds is 4. The molecule has 23 heavy (non-hydrogen) atoms. The smallest absolute Gasteiger partial charge is 0.408 e. The standard InChI is InChI=1S/C14H16F2N2O5/c1-13(2,3)23-12(20)17-14(4,7-19)8-5-9(15)10(16)6-11(8)18(21)22/h5-7H,1-4H3,(H,17,20). The number of amides is 1. The molecule has 126 valence electrons. The number of nitrogens with one attached hydrogen (secondary N) is 1. The Morgan fingerprint density at radius 3 is 2.22 bits per heavy atom. The van der Waals surface area contributed by atoms with Crippen LogP contribution >= 0.6 is 0 Å². The summed E-state index contributed by atoms with van der Waals surface area (Å²) in [6.45, 7) is 5.84. The maximum Gasteiger partial charge on any atom is 0.408 e. The highest BCUT2D eigenvalue weighted by Crippen LogP contribution is 2.31. The van der Waals surface area contributed by atoms with Crippen molar-refractivity contribution in [2.75, 3.05) is 0 Å². The number of alkyl carbamates (subject to hydrolysis) is 1. The Bertz CT molecular complexity index is 657. The third-order valence-electron chi connectivity index (χ3n) is 2.79. The van der Waals surface area contributed by atoms with Gasteiger partial charge in [-0.2, -0.15) is 0 Å². The summed E-state index contributed by atoms with van der Waals surface area (Å²) in [5.74, 6) is -2.82. The first-order valence-corrected chi connectivity index (χ1v) is 6.51. The fourth-order valence-electron chi connectivity index (χ4n) is 1.78. The second-order valence-electron chi connectivity index (χ2n) is 5.99. The van der Waals surface area contributed by atoms with Crippen LogP contribution in [0, 0.1) is 21.7 Å². The van der Waals surface area contributed by atoms with Crippen LogP contribution in [0.1, 0.15) is 33.3 Å². The highest BCUT2D eigenvalue weighted by Gasteiger charge is 2.37. The minimum Gasteiger partial charge on any atom is -0.444 e. The Hall–Kier alpha value is -2.58. The van der Waals surface area contributed by atoms with E-state index in [1.54, 1.807) is 20.8 Å². The van der Waals surface area contributed by atoms with Crippen LogP contribution in [0.5, 0.6) is 0 Å². The van der Waals surface area contributed by atoms with Crippen molar-refractivity contribution in [1.82, 2.24) is 5.32 Å². The fraction of sp³-hybridized carbons (Fsp3) is 0.429. The van der Waals surface area contributed by atoms with Crippen LogP contribution in [-0.4, -0.2) is 22.9 Å². The quantitative estimate of drug-likeness (QED) is 0.520. The van der Waals surface area contributed by atoms with E-state index < -0.39 is 45.0 Å². The number of halogens is 2. The van der Waals surface area contributed by atoms with Gasteiger partial charge in [0, 0.05) is 0 Å². The first-order valence-electron chi connectivity index (χ1n) is 6.51. The summed E-state index contributed by atoms with van der Waals surface area (Å²) in [7, 11) is 0. The minimum atomic E-state index is -1.97. The number of nitro benzene ring substituents is 1. The maximum atomic E-state index is 13.4. The second-order valence-corrected chi connectivity index (χ2v) is 5.99. The van der Waals surface area contributed by atoms with E-state index in [1.807, 2.05) is 0 Å². The van der Waals surface area contributed by atoms with Crippen LogP contribution in [0.15, 0.2) is 12.1 Å². The molecule has 1 N–H and O–H groups in total. The number of nitrogens with zero attached hydrogens (tertiary/aromatic N) is 1. The van der Waals surface area contributed by atoms with Crippen molar-refractivity contribution in [2.24, 2.45) is 0 Å². The van der Waals surface area contributed by atoms with Gasteiger partial charge < -0.3 is 14.8 Å². The third-order valence-corrected chi connectivity index (χ3v) is 2.79. The summed E-state index contributed by atoms with van der Waals surface area (Å²) < 4.78 is 31.6. The third kappa shape index (κ3) is 4.44. The number of aldehydes is 1. The molecule has 1 unspecified atom stereocenters. The SMILES string of the molecule is CC(C)(C)OC(=O)NC(C)(C=O)c1cc(F)c(F)cc1[N+](=O)[O-]. The monoisotopic (exact) mass is 330 g/mol. The van der Waals surface area contributed by atoms with Crippen LogP contribution in [-0.2, 0) is 15.1 Å². The highest BCUT2D eigenvalue weighted by atomic mass is 19.2. The molecule has 1 amide bonds. The molecule has 0 aromatic heterocycles. The Labute approximate surface area is 130 Å².